The molecule has 0 saturated carbocycles. The largest absolute Gasteiger partial charge is 0.573 e. The molecule has 1 aromatic carbocycles. The van der Waals surface area contributed by atoms with E-state index in [0.717, 1.165) is 31.5 Å². The maximum Gasteiger partial charge on any atom is 0.573 e. The van der Waals surface area contributed by atoms with Gasteiger partial charge in [0.2, 0.25) is 10.0 Å². The van der Waals surface area contributed by atoms with E-state index in [4.69, 9.17) is 0 Å². The Morgan fingerprint density at radius 2 is 2.14 bits per heavy atom. The lowest BCUT2D eigenvalue weighted by molar-refractivity contribution is -0.274. The molecule has 1 saturated heterocycles. The number of benzene rings is 1. The van der Waals surface area contributed by atoms with Crippen molar-refractivity contribution in [1.82, 2.24) is 10.0 Å². The fraction of sp³-hybridized carbons (Fsp3) is 0.500. The van der Waals surface area contributed by atoms with E-state index in [1.54, 1.807) is 0 Å². The highest BCUT2D eigenvalue weighted by atomic mass is 32.2. The molecule has 2 rings (SSSR count). The Kier molecular flexibility index (Phi) is 4.74. The summed E-state index contributed by atoms with van der Waals surface area (Å²) in [5.41, 5.74) is 0. The predicted molar refractivity (Wildman–Crippen MR) is 69.3 cm³/mol. The summed E-state index contributed by atoms with van der Waals surface area (Å²) >= 11 is 0. The van der Waals surface area contributed by atoms with Crippen molar-refractivity contribution in [3.63, 3.8) is 0 Å². The van der Waals surface area contributed by atoms with E-state index >= 15 is 0 Å². The number of hydrogen-bond donors (Lipinski definition) is 2. The number of sulfonamides is 1. The minimum atomic E-state index is -4.86. The van der Waals surface area contributed by atoms with Crippen LogP contribution in [0.3, 0.4) is 0 Å². The molecule has 0 unspecified atom stereocenters. The van der Waals surface area contributed by atoms with Crippen molar-refractivity contribution in [3.05, 3.63) is 24.3 Å². The van der Waals surface area contributed by atoms with Crippen LogP contribution in [0.4, 0.5) is 13.2 Å². The zero-order valence-electron chi connectivity index (χ0n) is 11.0. The van der Waals surface area contributed by atoms with Crippen LogP contribution in [0, 0.1) is 0 Å². The van der Waals surface area contributed by atoms with Gasteiger partial charge in [-0.3, -0.25) is 0 Å². The number of nitrogens with one attached hydrogen (secondary N) is 2. The summed E-state index contributed by atoms with van der Waals surface area (Å²) in [5, 5.41) is 3.12. The highest BCUT2D eigenvalue weighted by Crippen LogP contribution is 2.24. The van der Waals surface area contributed by atoms with E-state index in [2.05, 4.69) is 14.8 Å². The van der Waals surface area contributed by atoms with E-state index in [1.165, 1.54) is 12.1 Å². The normalized spacial score (nSPS) is 19.7. The highest BCUT2D eigenvalue weighted by molar-refractivity contribution is 7.89. The fourth-order valence-electron chi connectivity index (χ4n) is 2.06. The van der Waals surface area contributed by atoms with Crippen molar-refractivity contribution in [2.24, 2.45) is 0 Å². The summed E-state index contributed by atoms with van der Waals surface area (Å²) < 4.78 is 66.5. The lowest BCUT2D eigenvalue weighted by Gasteiger charge is -2.13. The summed E-state index contributed by atoms with van der Waals surface area (Å²) in [6.07, 6.45) is -3.02. The van der Waals surface area contributed by atoms with Gasteiger partial charge in [-0.25, -0.2) is 13.1 Å². The first-order chi connectivity index (χ1) is 9.76. The minimum absolute atomic E-state index is 0.0504. The van der Waals surface area contributed by atoms with E-state index in [0.29, 0.717) is 0 Å². The summed E-state index contributed by atoms with van der Waals surface area (Å²) in [7, 11) is -3.86. The summed E-state index contributed by atoms with van der Waals surface area (Å²) in [4.78, 5) is -0.262. The van der Waals surface area contributed by atoms with Gasteiger partial charge in [0.1, 0.15) is 5.75 Å². The van der Waals surface area contributed by atoms with Gasteiger partial charge in [-0.15, -0.1) is 13.2 Å². The van der Waals surface area contributed by atoms with Gasteiger partial charge in [0, 0.05) is 18.7 Å². The molecular formula is C12H15F3N2O3S. The first kappa shape index (κ1) is 16.1. The van der Waals surface area contributed by atoms with Gasteiger partial charge in [0.25, 0.3) is 0 Å². The molecule has 0 spiro atoms. The Labute approximate surface area is 120 Å². The molecule has 1 fully saturated rings. The second-order valence-electron chi connectivity index (χ2n) is 4.67. The molecular weight excluding hydrogens is 309 g/mol. The van der Waals surface area contributed by atoms with Crippen LogP contribution in [0.15, 0.2) is 29.2 Å². The molecule has 0 aromatic heterocycles. The molecule has 0 amide bonds. The maximum atomic E-state index is 12.1. The number of rotatable bonds is 5. The Balaban J connectivity index is 2.06. The molecule has 0 radical (unpaired) electrons. The summed E-state index contributed by atoms with van der Waals surface area (Å²) in [5.74, 6) is -0.565. The third-order valence-corrected chi connectivity index (χ3v) is 4.45. The van der Waals surface area contributed by atoms with Gasteiger partial charge in [-0.1, -0.05) is 6.07 Å². The Hall–Kier alpha value is -1.32. The number of halogens is 3. The smallest absolute Gasteiger partial charge is 0.406 e. The van der Waals surface area contributed by atoms with Gasteiger partial charge in [0.05, 0.1) is 4.90 Å². The Morgan fingerprint density at radius 3 is 2.76 bits per heavy atom. The van der Waals surface area contributed by atoms with E-state index < -0.39 is 22.1 Å². The van der Waals surface area contributed by atoms with Crippen LogP contribution in [0.1, 0.15) is 12.8 Å². The lowest BCUT2D eigenvalue weighted by Crippen LogP contribution is -2.37. The zero-order valence-corrected chi connectivity index (χ0v) is 11.8. The Bertz CT molecular complexity index is 584. The second kappa shape index (κ2) is 6.20. The number of hydrogen-bond acceptors (Lipinski definition) is 4. The van der Waals surface area contributed by atoms with Crippen LogP contribution in [-0.2, 0) is 10.0 Å². The van der Waals surface area contributed by atoms with Crippen LogP contribution < -0.4 is 14.8 Å². The number of ether oxygens (including phenoxy) is 1. The number of alkyl halides is 3. The topological polar surface area (TPSA) is 67.4 Å². The average molecular weight is 324 g/mol. The molecule has 1 atom stereocenters. The van der Waals surface area contributed by atoms with Crippen molar-refractivity contribution in [2.75, 3.05) is 13.1 Å². The van der Waals surface area contributed by atoms with E-state index in [9.17, 15) is 21.6 Å². The Morgan fingerprint density at radius 1 is 1.38 bits per heavy atom. The molecule has 1 aliphatic heterocycles. The molecule has 1 aliphatic rings. The molecule has 0 aliphatic carbocycles. The van der Waals surface area contributed by atoms with Crippen LogP contribution in [-0.4, -0.2) is 33.9 Å². The van der Waals surface area contributed by atoms with Gasteiger partial charge in [-0.05, 0) is 31.5 Å². The van der Waals surface area contributed by atoms with Gasteiger partial charge in [0.15, 0.2) is 0 Å². The monoisotopic (exact) mass is 324 g/mol. The SMILES string of the molecule is O=S(=O)(NC[C@@H]1CCCN1)c1cccc(OC(F)(F)F)c1. The van der Waals surface area contributed by atoms with Gasteiger partial charge in [-0.2, -0.15) is 0 Å². The quantitative estimate of drug-likeness (QED) is 0.864. The molecule has 2 N–H and O–H groups in total. The summed E-state index contributed by atoms with van der Waals surface area (Å²) in [6.45, 7) is 1.04. The highest BCUT2D eigenvalue weighted by Gasteiger charge is 2.31. The molecule has 21 heavy (non-hydrogen) atoms. The van der Waals surface area contributed by atoms with Gasteiger partial charge < -0.3 is 10.1 Å². The molecule has 118 valence electrons. The third kappa shape index (κ3) is 4.87. The fourth-order valence-corrected chi connectivity index (χ4v) is 3.18. The van der Waals surface area contributed by atoms with Crippen molar-refractivity contribution < 1.29 is 26.3 Å². The van der Waals surface area contributed by atoms with Crippen molar-refractivity contribution in [1.29, 1.82) is 0 Å². The average Bonchev–Trinajstić information content (AvgIpc) is 2.88. The molecule has 1 aromatic rings. The first-order valence-corrected chi connectivity index (χ1v) is 7.83. The second-order valence-corrected chi connectivity index (χ2v) is 6.43. The zero-order chi connectivity index (χ0) is 15.5. The standard InChI is InChI=1S/C12H15F3N2O3S/c13-12(14,15)20-10-4-1-5-11(7-10)21(18,19)17-8-9-3-2-6-16-9/h1,4-5,7,9,16-17H,2-3,6,8H2/t9-/m0/s1. The predicted octanol–water partition coefficient (Wildman–Crippen LogP) is 1.62. The van der Waals surface area contributed by atoms with Crippen LogP contribution >= 0.6 is 0 Å². The third-order valence-electron chi connectivity index (χ3n) is 3.03. The summed E-state index contributed by atoms with van der Waals surface area (Å²) in [6, 6.07) is 4.36. The minimum Gasteiger partial charge on any atom is -0.406 e. The van der Waals surface area contributed by atoms with Gasteiger partial charge >= 0.3 is 6.36 Å². The lowest BCUT2D eigenvalue weighted by atomic mass is 10.2. The van der Waals surface area contributed by atoms with E-state index in [1.807, 2.05) is 0 Å². The van der Waals surface area contributed by atoms with Crippen molar-refractivity contribution >= 4 is 10.0 Å². The molecule has 9 heteroatoms. The van der Waals surface area contributed by atoms with E-state index in [-0.39, 0.29) is 17.5 Å². The molecule has 0 bridgehead atoms. The van der Waals surface area contributed by atoms with Crippen LogP contribution in [0.5, 0.6) is 5.75 Å². The van der Waals surface area contributed by atoms with Crippen LogP contribution in [0.25, 0.3) is 0 Å². The first-order valence-electron chi connectivity index (χ1n) is 6.35. The van der Waals surface area contributed by atoms with Crippen LogP contribution in [0.2, 0.25) is 0 Å². The van der Waals surface area contributed by atoms with Crippen molar-refractivity contribution in [2.45, 2.75) is 30.1 Å². The maximum absolute atomic E-state index is 12.1. The van der Waals surface area contributed by atoms with Crippen molar-refractivity contribution in [3.8, 4) is 5.75 Å². The molecule has 1 heterocycles. The molecule has 5 nitrogen and oxygen atoms in total.